The van der Waals surface area contributed by atoms with Gasteiger partial charge in [0.15, 0.2) is 18.1 Å². The van der Waals surface area contributed by atoms with Crippen molar-refractivity contribution in [2.24, 2.45) is 5.10 Å². The predicted molar refractivity (Wildman–Crippen MR) is 126 cm³/mol. The van der Waals surface area contributed by atoms with Gasteiger partial charge in [-0.1, -0.05) is 18.2 Å². The third-order valence-corrected chi connectivity index (χ3v) is 4.78. The zero-order valence-electron chi connectivity index (χ0n) is 18.9. The number of nitrogens with zero attached hydrogens (tertiary/aromatic N) is 1. The zero-order chi connectivity index (χ0) is 24.2. The van der Waals surface area contributed by atoms with Gasteiger partial charge in [0.25, 0.3) is 5.91 Å². The number of benzene rings is 2. The molecule has 1 saturated heterocycles. The van der Waals surface area contributed by atoms with Crippen molar-refractivity contribution in [1.82, 2.24) is 10.7 Å². The van der Waals surface area contributed by atoms with Crippen LogP contribution in [0.15, 0.2) is 53.6 Å². The van der Waals surface area contributed by atoms with Gasteiger partial charge in [-0.3, -0.25) is 14.4 Å². The van der Waals surface area contributed by atoms with Crippen molar-refractivity contribution in [2.45, 2.75) is 25.9 Å². The Balaban J connectivity index is 1.50. The van der Waals surface area contributed by atoms with E-state index in [1.807, 2.05) is 25.1 Å². The summed E-state index contributed by atoms with van der Waals surface area (Å²) in [7, 11) is 0. The van der Waals surface area contributed by atoms with Crippen LogP contribution in [0.3, 0.4) is 0 Å². The van der Waals surface area contributed by atoms with Crippen LogP contribution in [0.4, 0.5) is 5.69 Å². The molecule has 10 nitrogen and oxygen atoms in total. The molecular weight excluding hydrogens is 440 g/mol. The second-order valence-electron chi connectivity index (χ2n) is 7.39. The number of carbonyl (C=O) groups is 3. The second-order valence-corrected chi connectivity index (χ2v) is 7.39. The molecular formula is C24H28N4O6. The van der Waals surface area contributed by atoms with Gasteiger partial charge in [0.05, 0.1) is 18.9 Å². The SMILES string of the molecule is CCOc1cc(/C=N\NC(=O)C(=O)NC[C@@H]2CCCO2)ccc1OCC(=O)Nc1ccccc1. The van der Waals surface area contributed by atoms with Crippen molar-refractivity contribution in [3.8, 4) is 11.5 Å². The van der Waals surface area contributed by atoms with E-state index in [2.05, 4.69) is 21.2 Å². The molecule has 1 aliphatic rings. The largest absolute Gasteiger partial charge is 0.490 e. The summed E-state index contributed by atoms with van der Waals surface area (Å²) in [5.74, 6) is -1.15. The Morgan fingerprint density at radius 1 is 1.09 bits per heavy atom. The summed E-state index contributed by atoms with van der Waals surface area (Å²) in [4.78, 5) is 35.9. The van der Waals surface area contributed by atoms with Crippen LogP contribution in [0.2, 0.25) is 0 Å². The number of hydrogen-bond donors (Lipinski definition) is 3. The molecule has 1 heterocycles. The molecule has 1 atom stereocenters. The Labute approximate surface area is 197 Å². The van der Waals surface area contributed by atoms with E-state index < -0.39 is 11.8 Å². The molecule has 34 heavy (non-hydrogen) atoms. The van der Waals surface area contributed by atoms with Gasteiger partial charge >= 0.3 is 11.8 Å². The number of ether oxygens (including phenoxy) is 3. The fourth-order valence-corrected chi connectivity index (χ4v) is 3.16. The summed E-state index contributed by atoms with van der Waals surface area (Å²) >= 11 is 0. The Morgan fingerprint density at radius 2 is 1.91 bits per heavy atom. The monoisotopic (exact) mass is 468 g/mol. The van der Waals surface area contributed by atoms with Crippen LogP contribution in [-0.4, -0.2) is 56.4 Å². The van der Waals surface area contributed by atoms with Gasteiger partial charge in [0, 0.05) is 18.8 Å². The number of amides is 3. The van der Waals surface area contributed by atoms with Gasteiger partial charge in [-0.05, 0) is 55.7 Å². The third kappa shape index (κ3) is 7.89. The highest BCUT2D eigenvalue weighted by Gasteiger charge is 2.19. The van der Waals surface area contributed by atoms with Gasteiger partial charge in [0.2, 0.25) is 0 Å². The first-order chi connectivity index (χ1) is 16.5. The number of hydrazone groups is 1. The van der Waals surface area contributed by atoms with Crippen LogP contribution in [0.1, 0.15) is 25.3 Å². The first kappa shape index (κ1) is 24.7. The number of nitrogens with one attached hydrogen (secondary N) is 3. The van der Waals surface area contributed by atoms with Crippen molar-refractivity contribution in [3.63, 3.8) is 0 Å². The Kier molecular flexibility index (Phi) is 9.41. The van der Waals surface area contributed by atoms with E-state index >= 15 is 0 Å². The molecule has 2 aromatic rings. The maximum atomic E-state index is 12.1. The molecule has 0 unspecified atom stereocenters. The van der Waals surface area contributed by atoms with Gasteiger partial charge in [-0.15, -0.1) is 0 Å². The minimum Gasteiger partial charge on any atom is -0.490 e. The summed E-state index contributed by atoms with van der Waals surface area (Å²) in [6.07, 6.45) is 3.13. The van der Waals surface area contributed by atoms with Crippen molar-refractivity contribution >= 4 is 29.6 Å². The van der Waals surface area contributed by atoms with Crippen molar-refractivity contribution in [3.05, 3.63) is 54.1 Å². The maximum absolute atomic E-state index is 12.1. The maximum Gasteiger partial charge on any atom is 0.329 e. The van der Waals surface area contributed by atoms with E-state index in [1.54, 1.807) is 30.3 Å². The van der Waals surface area contributed by atoms with Gasteiger partial charge in [-0.2, -0.15) is 5.10 Å². The molecule has 180 valence electrons. The summed E-state index contributed by atoms with van der Waals surface area (Å²) in [5, 5.41) is 9.08. The summed E-state index contributed by atoms with van der Waals surface area (Å²) < 4.78 is 16.6. The molecule has 10 heteroatoms. The lowest BCUT2D eigenvalue weighted by Gasteiger charge is -2.12. The number of anilines is 1. The van der Waals surface area contributed by atoms with E-state index in [4.69, 9.17) is 14.2 Å². The minimum atomic E-state index is -0.872. The second kappa shape index (κ2) is 12.9. The molecule has 3 rings (SSSR count). The van der Waals surface area contributed by atoms with Gasteiger partial charge in [0.1, 0.15) is 0 Å². The number of para-hydroxylation sites is 1. The first-order valence-corrected chi connectivity index (χ1v) is 11.0. The Hall–Kier alpha value is -3.92. The fourth-order valence-electron chi connectivity index (χ4n) is 3.16. The van der Waals surface area contributed by atoms with Crippen molar-refractivity contribution in [2.75, 3.05) is 31.7 Å². The predicted octanol–water partition coefficient (Wildman–Crippen LogP) is 1.85. The molecule has 1 aliphatic heterocycles. The first-order valence-electron chi connectivity index (χ1n) is 11.0. The summed E-state index contributed by atoms with van der Waals surface area (Å²) in [5.41, 5.74) is 3.47. The molecule has 0 spiro atoms. The minimum absolute atomic E-state index is 0.0533. The lowest BCUT2D eigenvalue weighted by molar-refractivity contribution is -0.139. The molecule has 3 amide bonds. The topological polar surface area (TPSA) is 127 Å². The number of carbonyl (C=O) groups excluding carboxylic acids is 3. The summed E-state index contributed by atoms with van der Waals surface area (Å²) in [6, 6.07) is 14.0. The molecule has 0 radical (unpaired) electrons. The molecule has 1 fully saturated rings. The fraction of sp³-hybridized carbons (Fsp3) is 0.333. The van der Waals surface area contributed by atoms with Crippen LogP contribution in [0, 0.1) is 0 Å². The van der Waals surface area contributed by atoms with Crippen LogP contribution in [-0.2, 0) is 19.1 Å². The van der Waals surface area contributed by atoms with Crippen LogP contribution in [0.25, 0.3) is 0 Å². The molecule has 0 aromatic heterocycles. The average molecular weight is 469 g/mol. The van der Waals surface area contributed by atoms with E-state index in [0.29, 0.717) is 42.5 Å². The van der Waals surface area contributed by atoms with Crippen LogP contribution >= 0.6 is 0 Å². The van der Waals surface area contributed by atoms with E-state index in [9.17, 15) is 14.4 Å². The number of hydrogen-bond acceptors (Lipinski definition) is 7. The molecule has 2 aromatic carbocycles. The van der Waals surface area contributed by atoms with Gasteiger partial charge < -0.3 is 24.8 Å². The lowest BCUT2D eigenvalue weighted by Crippen LogP contribution is -2.41. The highest BCUT2D eigenvalue weighted by molar-refractivity contribution is 6.35. The normalized spacial score (nSPS) is 15.0. The highest BCUT2D eigenvalue weighted by Crippen LogP contribution is 2.28. The standard InChI is InChI=1S/C24H28N4O6/c1-2-32-21-13-17(14-26-28-24(31)23(30)25-15-19-9-6-12-33-19)10-11-20(21)34-16-22(29)27-18-7-4-3-5-8-18/h3-5,7-8,10-11,13-14,19H,2,6,9,12,15-16H2,1H3,(H,25,30)(H,27,29)(H,28,31)/b26-14-/t19-/m0/s1. The average Bonchev–Trinajstić information content (AvgIpc) is 3.36. The Morgan fingerprint density at radius 3 is 2.65 bits per heavy atom. The highest BCUT2D eigenvalue weighted by atomic mass is 16.5. The molecule has 3 N–H and O–H groups in total. The molecule has 0 bridgehead atoms. The Bertz CT molecular complexity index is 1010. The lowest BCUT2D eigenvalue weighted by atomic mass is 10.2. The smallest absolute Gasteiger partial charge is 0.329 e. The van der Waals surface area contributed by atoms with E-state index in [1.165, 1.54) is 6.21 Å². The summed E-state index contributed by atoms with van der Waals surface area (Å²) in [6.45, 7) is 2.97. The molecule has 0 saturated carbocycles. The van der Waals surface area contributed by atoms with E-state index in [-0.39, 0.29) is 18.6 Å². The van der Waals surface area contributed by atoms with E-state index in [0.717, 1.165) is 12.8 Å². The quantitative estimate of drug-likeness (QED) is 0.277. The van der Waals surface area contributed by atoms with Gasteiger partial charge in [-0.25, -0.2) is 5.43 Å². The third-order valence-electron chi connectivity index (χ3n) is 4.78. The van der Waals surface area contributed by atoms with Crippen LogP contribution < -0.4 is 25.5 Å². The number of rotatable bonds is 10. The molecule has 0 aliphatic carbocycles. The van der Waals surface area contributed by atoms with Crippen LogP contribution in [0.5, 0.6) is 11.5 Å². The van der Waals surface area contributed by atoms with Crippen molar-refractivity contribution in [1.29, 1.82) is 0 Å². The zero-order valence-corrected chi connectivity index (χ0v) is 18.9. The van der Waals surface area contributed by atoms with Crippen molar-refractivity contribution < 1.29 is 28.6 Å².